The molecule has 7 heteroatoms. The molecule has 0 unspecified atom stereocenters. The number of nitrogens with one attached hydrogen (secondary N) is 2. The van der Waals surface area contributed by atoms with E-state index in [2.05, 4.69) is 34.0 Å². The fourth-order valence-corrected chi connectivity index (χ4v) is 3.09. The molecular weight excluding hydrogens is 328 g/mol. The Kier molecular flexibility index (Phi) is 5.38. The van der Waals surface area contributed by atoms with E-state index in [0.29, 0.717) is 36.5 Å². The summed E-state index contributed by atoms with van der Waals surface area (Å²) < 4.78 is 5.70. The highest BCUT2D eigenvalue weighted by Gasteiger charge is 2.24. The molecule has 0 bridgehead atoms. The van der Waals surface area contributed by atoms with Crippen molar-refractivity contribution in [3.63, 3.8) is 0 Å². The van der Waals surface area contributed by atoms with Crippen molar-refractivity contribution < 1.29 is 9.53 Å². The molecule has 3 rings (SSSR count). The van der Waals surface area contributed by atoms with Gasteiger partial charge in [0.05, 0.1) is 36.7 Å². The van der Waals surface area contributed by atoms with Crippen LogP contribution >= 0.6 is 11.6 Å². The number of hydrogen-bond donors (Lipinski definition) is 2. The number of fused-ring (bicyclic) bond motifs is 1. The van der Waals surface area contributed by atoms with Crippen molar-refractivity contribution in [1.29, 1.82) is 0 Å². The molecule has 1 aromatic heterocycles. The van der Waals surface area contributed by atoms with Gasteiger partial charge in [0, 0.05) is 24.2 Å². The lowest BCUT2D eigenvalue weighted by atomic mass is 10.1. The Morgan fingerprint density at radius 2 is 2.38 bits per heavy atom. The van der Waals surface area contributed by atoms with Crippen LogP contribution in [0.1, 0.15) is 26.1 Å². The second-order valence-corrected chi connectivity index (χ2v) is 6.84. The number of aromatic nitrogens is 2. The number of benzene rings is 1. The van der Waals surface area contributed by atoms with Crippen molar-refractivity contribution in [3.05, 3.63) is 29.0 Å². The highest BCUT2D eigenvalue weighted by Crippen LogP contribution is 2.17. The molecule has 1 amide bonds. The lowest BCUT2D eigenvalue weighted by Gasteiger charge is -2.35. The summed E-state index contributed by atoms with van der Waals surface area (Å²) in [6.45, 7) is 7.10. The van der Waals surface area contributed by atoms with E-state index in [1.165, 1.54) is 0 Å². The lowest BCUT2D eigenvalue weighted by Crippen LogP contribution is -2.47. The summed E-state index contributed by atoms with van der Waals surface area (Å²) in [5.41, 5.74) is 1.71. The molecule has 1 saturated heterocycles. The van der Waals surface area contributed by atoms with Gasteiger partial charge in [-0.25, -0.2) is 4.98 Å². The first-order chi connectivity index (χ1) is 11.5. The van der Waals surface area contributed by atoms with Gasteiger partial charge < -0.3 is 15.0 Å². The monoisotopic (exact) mass is 350 g/mol. The molecular formula is C17H23ClN4O2. The molecule has 1 aromatic carbocycles. The second kappa shape index (κ2) is 7.51. The predicted molar refractivity (Wildman–Crippen MR) is 94.0 cm³/mol. The van der Waals surface area contributed by atoms with Gasteiger partial charge in [0.2, 0.25) is 5.91 Å². The van der Waals surface area contributed by atoms with Crippen LogP contribution in [0.15, 0.2) is 18.2 Å². The van der Waals surface area contributed by atoms with Crippen molar-refractivity contribution >= 4 is 28.5 Å². The zero-order chi connectivity index (χ0) is 17.1. The lowest BCUT2D eigenvalue weighted by molar-refractivity contribution is -0.126. The van der Waals surface area contributed by atoms with Gasteiger partial charge in [-0.1, -0.05) is 11.6 Å². The zero-order valence-electron chi connectivity index (χ0n) is 14.0. The first kappa shape index (κ1) is 17.2. The van der Waals surface area contributed by atoms with E-state index in [-0.39, 0.29) is 12.0 Å². The number of ether oxygens (including phenoxy) is 1. The molecule has 1 atom stereocenters. The van der Waals surface area contributed by atoms with Gasteiger partial charge in [0.25, 0.3) is 0 Å². The topological polar surface area (TPSA) is 70.2 Å². The largest absolute Gasteiger partial charge is 0.375 e. The Bertz CT molecular complexity index is 716. The molecule has 2 heterocycles. The van der Waals surface area contributed by atoms with E-state index >= 15 is 0 Å². The number of nitrogens with zero attached hydrogens (tertiary/aromatic N) is 2. The van der Waals surface area contributed by atoms with Gasteiger partial charge in [0.1, 0.15) is 5.82 Å². The summed E-state index contributed by atoms with van der Waals surface area (Å²) in [6.07, 6.45) is 0.325. The van der Waals surface area contributed by atoms with Gasteiger partial charge in [0.15, 0.2) is 0 Å². The Hall–Kier alpha value is -1.63. The summed E-state index contributed by atoms with van der Waals surface area (Å²) in [6, 6.07) is 5.96. The molecule has 24 heavy (non-hydrogen) atoms. The van der Waals surface area contributed by atoms with Crippen LogP contribution in [0.25, 0.3) is 11.0 Å². The Labute approximate surface area is 146 Å². The molecule has 0 spiro atoms. The molecule has 2 aromatic rings. The third-order valence-electron chi connectivity index (χ3n) is 4.26. The number of imidazole rings is 1. The number of H-pyrrole nitrogens is 1. The average molecular weight is 351 g/mol. The number of hydrogen-bond acceptors (Lipinski definition) is 4. The second-order valence-electron chi connectivity index (χ2n) is 6.41. The van der Waals surface area contributed by atoms with Crippen molar-refractivity contribution in [2.45, 2.75) is 39.0 Å². The Morgan fingerprint density at radius 3 is 3.17 bits per heavy atom. The van der Waals surface area contributed by atoms with Crippen molar-refractivity contribution in [2.24, 2.45) is 0 Å². The zero-order valence-corrected chi connectivity index (χ0v) is 14.8. The SMILES string of the molecule is CC(C)N1CCO[C@@H](CC(=O)NCc2nc3ccc(Cl)cc3[nH]2)C1. The Balaban J connectivity index is 1.51. The quantitative estimate of drug-likeness (QED) is 0.868. The smallest absolute Gasteiger partial charge is 0.223 e. The molecule has 1 fully saturated rings. The molecule has 130 valence electrons. The van der Waals surface area contributed by atoms with Crippen LogP contribution in [0.3, 0.4) is 0 Å². The maximum Gasteiger partial charge on any atom is 0.223 e. The summed E-state index contributed by atoms with van der Waals surface area (Å²) in [5, 5.41) is 3.56. The van der Waals surface area contributed by atoms with Crippen LogP contribution in [0.4, 0.5) is 0 Å². The number of amides is 1. The van der Waals surface area contributed by atoms with Gasteiger partial charge in [-0.2, -0.15) is 0 Å². The van der Waals surface area contributed by atoms with E-state index in [1.54, 1.807) is 6.07 Å². The van der Waals surface area contributed by atoms with Crippen LogP contribution in [0.5, 0.6) is 0 Å². The first-order valence-electron chi connectivity index (χ1n) is 8.28. The summed E-state index contributed by atoms with van der Waals surface area (Å²) >= 11 is 5.96. The normalized spacial score (nSPS) is 19.1. The van der Waals surface area contributed by atoms with Gasteiger partial charge in [-0.3, -0.25) is 9.69 Å². The van der Waals surface area contributed by atoms with Crippen LogP contribution < -0.4 is 5.32 Å². The maximum absolute atomic E-state index is 12.2. The first-order valence-corrected chi connectivity index (χ1v) is 8.65. The van der Waals surface area contributed by atoms with E-state index < -0.39 is 0 Å². The van der Waals surface area contributed by atoms with E-state index in [4.69, 9.17) is 16.3 Å². The highest BCUT2D eigenvalue weighted by molar-refractivity contribution is 6.31. The predicted octanol–water partition coefficient (Wildman–Crippen LogP) is 2.33. The number of carbonyl (C=O) groups excluding carboxylic acids is 1. The van der Waals surface area contributed by atoms with Gasteiger partial charge >= 0.3 is 0 Å². The molecule has 2 N–H and O–H groups in total. The third kappa shape index (κ3) is 4.26. The average Bonchev–Trinajstić information content (AvgIpc) is 2.95. The molecule has 0 radical (unpaired) electrons. The Morgan fingerprint density at radius 1 is 1.54 bits per heavy atom. The number of halogens is 1. The minimum absolute atomic E-state index is 0.0240. The fourth-order valence-electron chi connectivity index (χ4n) is 2.91. The van der Waals surface area contributed by atoms with Crippen molar-refractivity contribution in [2.75, 3.05) is 19.7 Å². The van der Waals surface area contributed by atoms with Gasteiger partial charge in [-0.15, -0.1) is 0 Å². The fraction of sp³-hybridized carbons (Fsp3) is 0.529. The van der Waals surface area contributed by atoms with E-state index in [9.17, 15) is 4.79 Å². The van der Waals surface area contributed by atoms with Crippen LogP contribution in [-0.2, 0) is 16.1 Å². The van der Waals surface area contributed by atoms with Crippen molar-refractivity contribution in [3.8, 4) is 0 Å². The minimum Gasteiger partial charge on any atom is -0.375 e. The molecule has 6 nitrogen and oxygen atoms in total. The molecule has 1 aliphatic rings. The summed E-state index contributed by atoms with van der Waals surface area (Å²) in [5.74, 6) is 0.693. The van der Waals surface area contributed by atoms with E-state index in [0.717, 1.165) is 24.1 Å². The number of morpholine rings is 1. The number of carbonyl (C=O) groups is 1. The maximum atomic E-state index is 12.2. The van der Waals surface area contributed by atoms with Crippen LogP contribution in [0.2, 0.25) is 5.02 Å². The van der Waals surface area contributed by atoms with E-state index in [1.807, 2.05) is 12.1 Å². The molecule has 1 aliphatic heterocycles. The van der Waals surface area contributed by atoms with Crippen LogP contribution in [0, 0.1) is 0 Å². The third-order valence-corrected chi connectivity index (χ3v) is 4.49. The molecule has 0 saturated carbocycles. The standard InChI is InChI=1S/C17H23ClN4O2/c1-11(2)22-5-6-24-13(10-22)8-17(23)19-9-16-20-14-4-3-12(18)7-15(14)21-16/h3-4,7,11,13H,5-6,8-10H2,1-2H3,(H,19,23)(H,20,21)/t13-/m0/s1. The van der Waals surface area contributed by atoms with Crippen molar-refractivity contribution in [1.82, 2.24) is 20.2 Å². The highest BCUT2D eigenvalue weighted by atomic mass is 35.5. The van der Waals surface area contributed by atoms with Gasteiger partial charge in [-0.05, 0) is 32.0 Å². The summed E-state index contributed by atoms with van der Waals surface area (Å²) in [4.78, 5) is 22.1. The minimum atomic E-state index is -0.0457. The molecule has 0 aliphatic carbocycles. The number of aromatic amines is 1. The number of rotatable bonds is 5. The van der Waals surface area contributed by atoms with Crippen LogP contribution in [-0.4, -0.2) is 52.6 Å². The summed E-state index contributed by atoms with van der Waals surface area (Å²) in [7, 11) is 0.